The summed E-state index contributed by atoms with van der Waals surface area (Å²) in [6, 6.07) is 5.00. The minimum Gasteiger partial charge on any atom is -0.512 e. The van der Waals surface area contributed by atoms with Gasteiger partial charge in [0.2, 0.25) is 0 Å². The number of hydrogen-bond donors (Lipinski definition) is 2. The maximum atomic E-state index is 12.9. The number of carbonyl (C=O) groups excluding carboxylic acids is 1. The molecule has 0 aliphatic heterocycles. The molecule has 4 nitrogen and oxygen atoms in total. The number of carbonyl (C=O) groups is 1. The Bertz CT molecular complexity index is 666. The molecular weight excluding hydrogens is 304 g/mol. The third-order valence-electron chi connectivity index (χ3n) is 5.71. The number of phenols is 1. The van der Waals surface area contributed by atoms with Crippen molar-refractivity contribution in [2.24, 2.45) is 5.41 Å². The highest BCUT2D eigenvalue weighted by Crippen LogP contribution is 2.49. The van der Waals surface area contributed by atoms with E-state index in [1.807, 2.05) is 6.92 Å². The van der Waals surface area contributed by atoms with E-state index in [2.05, 4.69) is 0 Å². The summed E-state index contributed by atoms with van der Waals surface area (Å²) in [6.45, 7) is 1.98. The van der Waals surface area contributed by atoms with E-state index in [-0.39, 0.29) is 28.8 Å². The first-order valence-electron chi connectivity index (χ1n) is 8.78. The van der Waals surface area contributed by atoms with Crippen LogP contribution >= 0.6 is 0 Å². The van der Waals surface area contributed by atoms with Crippen molar-refractivity contribution in [1.29, 1.82) is 0 Å². The van der Waals surface area contributed by atoms with Gasteiger partial charge < -0.3 is 14.9 Å². The van der Waals surface area contributed by atoms with E-state index in [1.165, 1.54) is 0 Å². The van der Waals surface area contributed by atoms with Crippen LogP contribution in [0.25, 0.3) is 5.57 Å². The van der Waals surface area contributed by atoms with Crippen molar-refractivity contribution in [2.45, 2.75) is 58.0 Å². The Morgan fingerprint density at radius 3 is 2.50 bits per heavy atom. The highest BCUT2D eigenvalue weighted by molar-refractivity contribution is 6.22. The summed E-state index contributed by atoms with van der Waals surface area (Å²) < 4.78 is 5.43. The van der Waals surface area contributed by atoms with Gasteiger partial charge in [-0.2, -0.15) is 0 Å². The number of phenolic OH excluding ortho intramolecular Hbond substituents is 1. The molecule has 1 fully saturated rings. The molecule has 0 radical (unpaired) electrons. The Labute approximate surface area is 143 Å². The largest absolute Gasteiger partial charge is 0.512 e. The minimum atomic E-state index is -0.108. The van der Waals surface area contributed by atoms with Crippen molar-refractivity contribution in [3.63, 3.8) is 0 Å². The van der Waals surface area contributed by atoms with Crippen LogP contribution in [0.1, 0.15) is 56.6 Å². The first-order chi connectivity index (χ1) is 11.5. The quantitative estimate of drug-likeness (QED) is 0.873. The van der Waals surface area contributed by atoms with E-state index in [1.54, 1.807) is 25.3 Å². The number of benzene rings is 1. The molecule has 1 spiro atoms. The maximum Gasteiger partial charge on any atom is 0.167 e. The molecule has 130 valence electrons. The van der Waals surface area contributed by atoms with Crippen LogP contribution in [0.5, 0.6) is 5.75 Å². The Kier molecular flexibility index (Phi) is 4.68. The smallest absolute Gasteiger partial charge is 0.167 e. The Balaban J connectivity index is 1.91. The number of aliphatic hydroxyl groups is 1. The lowest BCUT2D eigenvalue weighted by atomic mass is 9.64. The molecule has 2 aliphatic rings. The lowest BCUT2D eigenvalue weighted by Gasteiger charge is -2.42. The second kappa shape index (κ2) is 6.60. The fourth-order valence-electron chi connectivity index (χ4n) is 4.31. The number of ether oxygens (including phenoxy) is 1. The van der Waals surface area contributed by atoms with Crippen LogP contribution in [-0.4, -0.2) is 29.2 Å². The normalized spacial score (nSPS) is 27.8. The number of aryl methyl sites for hydroxylation is 1. The minimum absolute atomic E-state index is 0.0232. The SMILES string of the molecule is CCc1cc(O)ccc1C1=C(O)CC2(CCC(OC)CC2)CC1=O. The van der Waals surface area contributed by atoms with Crippen LogP contribution in [0.2, 0.25) is 0 Å². The van der Waals surface area contributed by atoms with Crippen molar-refractivity contribution >= 4 is 11.4 Å². The molecule has 1 aromatic rings. The summed E-state index contributed by atoms with van der Waals surface area (Å²) in [4.78, 5) is 12.9. The topological polar surface area (TPSA) is 66.8 Å². The number of rotatable bonds is 3. The zero-order chi connectivity index (χ0) is 17.3. The number of Topliss-reactive ketones (excluding diaryl/α,β-unsaturated/α-hetero) is 1. The Hall–Kier alpha value is -1.81. The van der Waals surface area contributed by atoms with Gasteiger partial charge in [-0.15, -0.1) is 0 Å². The number of hydrogen-bond acceptors (Lipinski definition) is 4. The molecule has 0 atom stereocenters. The first kappa shape index (κ1) is 17.0. The zero-order valence-corrected chi connectivity index (χ0v) is 14.5. The molecule has 1 aromatic carbocycles. The molecule has 2 aliphatic carbocycles. The summed E-state index contributed by atoms with van der Waals surface area (Å²) in [5.74, 6) is 0.422. The lowest BCUT2D eigenvalue weighted by Crippen LogP contribution is -2.36. The van der Waals surface area contributed by atoms with Crippen molar-refractivity contribution in [3.05, 3.63) is 35.1 Å². The monoisotopic (exact) mass is 330 g/mol. The third-order valence-corrected chi connectivity index (χ3v) is 5.71. The fourth-order valence-corrected chi connectivity index (χ4v) is 4.31. The fraction of sp³-hybridized carbons (Fsp3) is 0.550. The average Bonchev–Trinajstić information content (AvgIpc) is 2.56. The molecule has 2 N–H and O–H groups in total. The standard InChI is InChI=1S/C20H26O4/c1-3-13-10-14(21)4-5-16(13)19-17(22)11-20(12-18(19)23)8-6-15(24-2)7-9-20/h4-5,10,15,21-22H,3,6-9,11-12H2,1-2H3. The lowest BCUT2D eigenvalue weighted by molar-refractivity contribution is -0.118. The predicted octanol–water partition coefficient (Wildman–Crippen LogP) is 4.16. The van der Waals surface area contributed by atoms with Crippen LogP contribution in [-0.2, 0) is 16.0 Å². The van der Waals surface area contributed by atoms with E-state index in [4.69, 9.17) is 4.74 Å². The first-order valence-corrected chi connectivity index (χ1v) is 8.78. The summed E-state index contributed by atoms with van der Waals surface area (Å²) in [5.41, 5.74) is 2.00. The van der Waals surface area contributed by atoms with E-state index in [9.17, 15) is 15.0 Å². The molecule has 0 heterocycles. The van der Waals surface area contributed by atoms with Gasteiger partial charge in [0.25, 0.3) is 0 Å². The molecule has 1 saturated carbocycles. The summed E-state index contributed by atoms with van der Waals surface area (Å²) in [5, 5.41) is 20.4. The Morgan fingerprint density at radius 1 is 1.21 bits per heavy atom. The zero-order valence-electron chi connectivity index (χ0n) is 14.5. The molecule has 0 bridgehead atoms. The van der Waals surface area contributed by atoms with Crippen LogP contribution in [0.4, 0.5) is 0 Å². The molecule has 4 heteroatoms. The summed E-state index contributed by atoms with van der Waals surface area (Å²) >= 11 is 0. The highest BCUT2D eigenvalue weighted by Gasteiger charge is 2.43. The highest BCUT2D eigenvalue weighted by atomic mass is 16.5. The molecule has 3 rings (SSSR count). The van der Waals surface area contributed by atoms with Gasteiger partial charge in [-0.05, 0) is 60.8 Å². The van der Waals surface area contributed by atoms with Gasteiger partial charge in [-0.25, -0.2) is 0 Å². The van der Waals surface area contributed by atoms with E-state index in [0.717, 1.165) is 36.8 Å². The molecule has 24 heavy (non-hydrogen) atoms. The Morgan fingerprint density at radius 2 is 1.92 bits per heavy atom. The van der Waals surface area contributed by atoms with E-state index >= 15 is 0 Å². The van der Waals surface area contributed by atoms with Gasteiger partial charge in [0.1, 0.15) is 11.5 Å². The summed E-state index contributed by atoms with van der Waals surface area (Å²) in [7, 11) is 1.74. The number of aromatic hydroxyl groups is 1. The van der Waals surface area contributed by atoms with Crippen molar-refractivity contribution in [3.8, 4) is 5.75 Å². The number of methoxy groups -OCH3 is 1. The average molecular weight is 330 g/mol. The van der Waals surface area contributed by atoms with Gasteiger partial charge in [0, 0.05) is 20.0 Å². The van der Waals surface area contributed by atoms with Gasteiger partial charge >= 0.3 is 0 Å². The van der Waals surface area contributed by atoms with E-state index < -0.39 is 0 Å². The second-order valence-corrected chi connectivity index (χ2v) is 7.23. The van der Waals surface area contributed by atoms with Crippen LogP contribution < -0.4 is 0 Å². The van der Waals surface area contributed by atoms with Gasteiger partial charge in [-0.1, -0.05) is 13.0 Å². The maximum absolute atomic E-state index is 12.9. The molecular formula is C20H26O4. The van der Waals surface area contributed by atoms with Crippen LogP contribution in [0, 0.1) is 5.41 Å². The van der Waals surface area contributed by atoms with Gasteiger partial charge in [0.05, 0.1) is 11.7 Å². The number of ketones is 1. The number of aliphatic hydroxyl groups excluding tert-OH is 1. The predicted molar refractivity (Wildman–Crippen MR) is 93.0 cm³/mol. The molecule has 0 unspecified atom stereocenters. The third kappa shape index (κ3) is 3.07. The molecule has 0 saturated heterocycles. The van der Waals surface area contributed by atoms with Crippen molar-refractivity contribution in [2.75, 3.05) is 7.11 Å². The van der Waals surface area contributed by atoms with Crippen LogP contribution in [0.15, 0.2) is 24.0 Å². The van der Waals surface area contributed by atoms with Gasteiger partial charge in [-0.3, -0.25) is 4.79 Å². The number of allylic oxidation sites excluding steroid dienone is 2. The van der Waals surface area contributed by atoms with Crippen molar-refractivity contribution in [1.82, 2.24) is 0 Å². The van der Waals surface area contributed by atoms with Gasteiger partial charge in [0.15, 0.2) is 5.78 Å². The second-order valence-electron chi connectivity index (χ2n) is 7.23. The molecule has 0 amide bonds. The van der Waals surface area contributed by atoms with E-state index in [0.29, 0.717) is 24.8 Å². The molecule has 0 aromatic heterocycles. The van der Waals surface area contributed by atoms with Crippen molar-refractivity contribution < 1.29 is 19.7 Å². The summed E-state index contributed by atoms with van der Waals surface area (Å²) in [6.07, 6.45) is 5.78. The van der Waals surface area contributed by atoms with Crippen LogP contribution in [0.3, 0.4) is 0 Å².